The summed E-state index contributed by atoms with van der Waals surface area (Å²) in [5, 5.41) is 3.26. The molecule has 0 aliphatic carbocycles. The Kier molecular flexibility index (Phi) is 7.45. The van der Waals surface area contributed by atoms with Crippen LogP contribution in [0.2, 0.25) is 0 Å². The number of hydrogen-bond acceptors (Lipinski definition) is 3. The Morgan fingerprint density at radius 2 is 2.07 bits per heavy atom. The van der Waals surface area contributed by atoms with Gasteiger partial charge in [0.25, 0.3) is 0 Å². The standard InChI is InChI=1S/C11H21NO2S/c1-4-8-11(5-2)12-9-7-10-15(13,14)6-3/h1,11-12H,5-10H2,2-3H3. The zero-order valence-electron chi connectivity index (χ0n) is 9.62. The molecular formula is C11H21NO2S. The first-order valence-corrected chi connectivity index (χ1v) is 7.25. The van der Waals surface area contributed by atoms with Gasteiger partial charge in [0.2, 0.25) is 0 Å². The average Bonchev–Trinajstić information content (AvgIpc) is 2.22. The summed E-state index contributed by atoms with van der Waals surface area (Å²) in [5.41, 5.74) is 0. The first-order valence-electron chi connectivity index (χ1n) is 5.43. The van der Waals surface area contributed by atoms with E-state index >= 15 is 0 Å². The third-order valence-corrected chi connectivity index (χ3v) is 4.15. The molecule has 1 unspecified atom stereocenters. The summed E-state index contributed by atoms with van der Waals surface area (Å²) < 4.78 is 22.4. The molecule has 15 heavy (non-hydrogen) atoms. The number of rotatable bonds is 8. The molecule has 0 spiro atoms. The molecule has 0 amide bonds. The lowest BCUT2D eigenvalue weighted by Crippen LogP contribution is -2.30. The minimum atomic E-state index is -2.82. The Morgan fingerprint density at radius 3 is 2.53 bits per heavy atom. The normalized spacial score (nSPS) is 13.4. The third-order valence-electron chi connectivity index (χ3n) is 2.36. The molecule has 0 aliphatic rings. The highest BCUT2D eigenvalue weighted by molar-refractivity contribution is 7.91. The molecule has 0 aliphatic heterocycles. The van der Waals surface area contributed by atoms with Crippen LogP contribution in [0.4, 0.5) is 0 Å². The summed E-state index contributed by atoms with van der Waals surface area (Å²) in [6.45, 7) is 4.47. The molecule has 1 N–H and O–H groups in total. The van der Waals surface area contributed by atoms with Gasteiger partial charge in [0.15, 0.2) is 0 Å². The fourth-order valence-electron chi connectivity index (χ4n) is 1.25. The summed E-state index contributed by atoms with van der Waals surface area (Å²) in [7, 11) is -2.82. The van der Waals surface area contributed by atoms with E-state index in [9.17, 15) is 8.42 Å². The Labute approximate surface area is 93.6 Å². The van der Waals surface area contributed by atoms with Gasteiger partial charge in [-0.3, -0.25) is 0 Å². The maximum atomic E-state index is 11.2. The average molecular weight is 231 g/mol. The summed E-state index contributed by atoms with van der Waals surface area (Å²) in [6, 6.07) is 0.319. The quantitative estimate of drug-likeness (QED) is 0.504. The fourth-order valence-corrected chi connectivity index (χ4v) is 2.12. The van der Waals surface area contributed by atoms with Crippen molar-refractivity contribution < 1.29 is 8.42 Å². The minimum Gasteiger partial charge on any atom is -0.313 e. The van der Waals surface area contributed by atoms with Crippen LogP contribution in [-0.2, 0) is 9.84 Å². The van der Waals surface area contributed by atoms with Crippen molar-refractivity contribution in [3.8, 4) is 12.3 Å². The van der Waals surface area contributed by atoms with Crippen molar-refractivity contribution in [2.75, 3.05) is 18.1 Å². The van der Waals surface area contributed by atoms with Gasteiger partial charge in [-0.15, -0.1) is 12.3 Å². The van der Waals surface area contributed by atoms with Gasteiger partial charge in [-0.2, -0.15) is 0 Å². The van der Waals surface area contributed by atoms with Crippen LogP contribution >= 0.6 is 0 Å². The lowest BCUT2D eigenvalue weighted by atomic mass is 10.1. The lowest BCUT2D eigenvalue weighted by molar-refractivity contribution is 0.505. The molecule has 0 saturated carbocycles. The van der Waals surface area contributed by atoms with Crippen molar-refractivity contribution in [1.82, 2.24) is 5.32 Å². The molecule has 88 valence electrons. The fraction of sp³-hybridized carbons (Fsp3) is 0.818. The second-order valence-corrected chi connectivity index (χ2v) is 6.03. The van der Waals surface area contributed by atoms with Crippen LogP contribution in [0, 0.1) is 12.3 Å². The second kappa shape index (κ2) is 7.72. The zero-order valence-corrected chi connectivity index (χ0v) is 10.4. The third kappa shape index (κ3) is 7.40. The minimum absolute atomic E-state index is 0.231. The van der Waals surface area contributed by atoms with E-state index in [1.165, 1.54) is 0 Å². The second-order valence-electron chi connectivity index (χ2n) is 3.56. The smallest absolute Gasteiger partial charge is 0.150 e. The predicted molar refractivity (Wildman–Crippen MR) is 64.5 cm³/mol. The Morgan fingerprint density at radius 1 is 1.40 bits per heavy atom. The van der Waals surface area contributed by atoms with Crippen molar-refractivity contribution in [3.63, 3.8) is 0 Å². The number of sulfone groups is 1. The molecule has 0 fully saturated rings. The van der Waals surface area contributed by atoms with Gasteiger partial charge in [-0.1, -0.05) is 13.8 Å². The van der Waals surface area contributed by atoms with Gasteiger partial charge < -0.3 is 5.32 Å². The van der Waals surface area contributed by atoms with E-state index in [1.807, 2.05) is 0 Å². The number of hydrogen-bond donors (Lipinski definition) is 1. The van der Waals surface area contributed by atoms with Crippen LogP contribution in [0.15, 0.2) is 0 Å². The van der Waals surface area contributed by atoms with Crippen molar-refractivity contribution in [3.05, 3.63) is 0 Å². The molecular weight excluding hydrogens is 210 g/mol. The molecule has 0 aromatic carbocycles. The molecule has 1 atom stereocenters. The topological polar surface area (TPSA) is 46.2 Å². The highest BCUT2D eigenvalue weighted by Crippen LogP contribution is 1.97. The maximum Gasteiger partial charge on any atom is 0.150 e. The molecule has 0 aromatic heterocycles. The molecule has 3 nitrogen and oxygen atoms in total. The maximum absolute atomic E-state index is 11.2. The van der Waals surface area contributed by atoms with Crippen LogP contribution in [0.1, 0.15) is 33.1 Å². The van der Waals surface area contributed by atoms with Crippen LogP contribution in [-0.4, -0.2) is 32.5 Å². The van der Waals surface area contributed by atoms with Crippen molar-refractivity contribution >= 4 is 9.84 Å². The number of nitrogens with one attached hydrogen (secondary N) is 1. The Bertz CT molecular complexity index is 290. The van der Waals surface area contributed by atoms with Crippen molar-refractivity contribution in [2.24, 2.45) is 0 Å². The van der Waals surface area contributed by atoms with E-state index in [0.29, 0.717) is 18.9 Å². The van der Waals surface area contributed by atoms with Crippen LogP contribution in [0.3, 0.4) is 0 Å². The van der Waals surface area contributed by atoms with Crippen molar-refractivity contribution in [1.29, 1.82) is 0 Å². The summed E-state index contributed by atoms with van der Waals surface area (Å²) in [5.74, 6) is 3.10. The van der Waals surface area contributed by atoms with Gasteiger partial charge >= 0.3 is 0 Å². The lowest BCUT2D eigenvalue weighted by Gasteiger charge is -2.13. The first-order chi connectivity index (χ1) is 7.05. The molecule has 0 bridgehead atoms. The summed E-state index contributed by atoms with van der Waals surface area (Å²) in [6.07, 6.45) is 7.56. The van der Waals surface area contributed by atoms with Gasteiger partial charge in [-0.25, -0.2) is 8.42 Å². The summed E-state index contributed by atoms with van der Waals surface area (Å²) >= 11 is 0. The Hall–Kier alpha value is -0.530. The largest absolute Gasteiger partial charge is 0.313 e. The number of terminal acetylenes is 1. The highest BCUT2D eigenvalue weighted by Gasteiger charge is 2.07. The van der Waals surface area contributed by atoms with Crippen LogP contribution < -0.4 is 5.32 Å². The van der Waals surface area contributed by atoms with Crippen LogP contribution in [0.25, 0.3) is 0 Å². The van der Waals surface area contributed by atoms with Crippen LogP contribution in [0.5, 0.6) is 0 Å². The van der Waals surface area contributed by atoms with E-state index in [2.05, 4.69) is 18.2 Å². The SMILES string of the molecule is C#CCC(CC)NCCCS(=O)(=O)CC. The van der Waals surface area contributed by atoms with E-state index < -0.39 is 9.84 Å². The molecule has 0 saturated heterocycles. The molecule has 4 heteroatoms. The van der Waals surface area contributed by atoms with Crippen molar-refractivity contribution in [2.45, 2.75) is 39.2 Å². The van der Waals surface area contributed by atoms with E-state index in [-0.39, 0.29) is 11.5 Å². The molecule has 0 heterocycles. The van der Waals surface area contributed by atoms with E-state index in [4.69, 9.17) is 6.42 Å². The van der Waals surface area contributed by atoms with Gasteiger partial charge in [0, 0.05) is 18.2 Å². The van der Waals surface area contributed by atoms with Gasteiger partial charge in [0.05, 0.1) is 5.75 Å². The zero-order chi connectivity index (χ0) is 11.7. The molecule has 0 rings (SSSR count). The highest BCUT2D eigenvalue weighted by atomic mass is 32.2. The summed E-state index contributed by atoms with van der Waals surface area (Å²) in [4.78, 5) is 0. The molecule has 0 aromatic rings. The van der Waals surface area contributed by atoms with E-state index in [0.717, 1.165) is 13.0 Å². The predicted octanol–water partition coefficient (Wildman–Crippen LogP) is 1.20. The van der Waals surface area contributed by atoms with Gasteiger partial charge in [-0.05, 0) is 19.4 Å². The monoisotopic (exact) mass is 231 g/mol. The molecule has 0 radical (unpaired) electrons. The Balaban J connectivity index is 3.66. The van der Waals surface area contributed by atoms with Gasteiger partial charge in [0.1, 0.15) is 9.84 Å². The van der Waals surface area contributed by atoms with E-state index in [1.54, 1.807) is 6.92 Å². The first kappa shape index (κ1) is 14.5.